The molecule has 0 atom stereocenters. The van der Waals surface area contributed by atoms with Crippen LogP contribution in [0.15, 0.2) is 24.3 Å². The zero-order valence-electron chi connectivity index (χ0n) is 15.5. The van der Waals surface area contributed by atoms with Gasteiger partial charge in [0.1, 0.15) is 12.4 Å². The Bertz CT molecular complexity index is 626. The molecule has 140 valence electrons. The minimum atomic E-state index is 0.0141. The lowest BCUT2D eigenvalue weighted by atomic mass is 9.95. The van der Waals surface area contributed by atoms with Gasteiger partial charge in [-0.2, -0.15) is 0 Å². The van der Waals surface area contributed by atoms with E-state index in [1.165, 1.54) is 0 Å². The molecule has 1 fully saturated rings. The van der Waals surface area contributed by atoms with E-state index < -0.39 is 0 Å². The molecular formula is C21H28N2O3. The van der Waals surface area contributed by atoms with Gasteiger partial charge in [-0.3, -0.25) is 9.59 Å². The van der Waals surface area contributed by atoms with Crippen LogP contribution >= 0.6 is 0 Å². The van der Waals surface area contributed by atoms with Crippen molar-refractivity contribution in [2.45, 2.75) is 39.0 Å². The Labute approximate surface area is 156 Å². The fraction of sp³-hybridized carbons (Fsp3) is 0.524. The van der Waals surface area contributed by atoms with Crippen molar-refractivity contribution in [1.29, 1.82) is 0 Å². The van der Waals surface area contributed by atoms with Crippen molar-refractivity contribution in [2.24, 2.45) is 5.92 Å². The summed E-state index contributed by atoms with van der Waals surface area (Å²) in [6, 6.07) is 7.74. The molecule has 1 saturated heterocycles. The quantitative estimate of drug-likeness (QED) is 0.728. The highest BCUT2D eigenvalue weighted by molar-refractivity contribution is 5.80. The number of carbonyl (C=O) groups is 2. The van der Waals surface area contributed by atoms with E-state index in [1.807, 2.05) is 36.1 Å². The van der Waals surface area contributed by atoms with E-state index in [1.54, 1.807) is 0 Å². The van der Waals surface area contributed by atoms with Crippen molar-refractivity contribution in [3.63, 3.8) is 0 Å². The normalized spacial score (nSPS) is 14.5. The predicted octanol–water partition coefficient (Wildman–Crippen LogP) is 2.40. The van der Waals surface area contributed by atoms with Crippen molar-refractivity contribution < 1.29 is 14.3 Å². The van der Waals surface area contributed by atoms with Crippen LogP contribution < -0.4 is 10.1 Å². The molecule has 0 spiro atoms. The van der Waals surface area contributed by atoms with Crippen LogP contribution in [0.25, 0.3) is 0 Å². The molecule has 0 bridgehead atoms. The second-order valence-corrected chi connectivity index (χ2v) is 6.58. The number of carbonyl (C=O) groups excluding carboxylic acids is 2. The number of ether oxygens (including phenoxy) is 1. The molecule has 1 aliphatic heterocycles. The van der Waals surface area contributed by atoms with Gasteiger partial charge >= 0.3 is 0 Å². The first-order valence-electron chi connectivity index (χ1n) is 9.34. The van der Waals surface area contributed by atoms with Crippen LogP contribution in [-0.4, -0.2) is 43.0 Å². The maximum atomic E-state index is 12.3. The Morgan fingerprint density at radius 3 is 2.58 bits per heavy atom. The maximum Gasteiger partial charge on any atom is 0.223 e. The smallest absolute Gasteiger partial charge is 0.223 e. The van der Waals surface area contributed by atoms with Crippen molar-refractivity contribution in [2.75, 3.05) is 26.2 Å². The predicted molar refractivity (Wildman–Crippen MR) is 102 cm³/mol. The number of likely N-dealkylation sites (tertiary alicyclic amines) is 1. The monoisotopic (exact) mass is 356 g/mol. The van der Waals surface area contributed by atoms with Gasteiger partial charge in [0.15, 0.2) is 0 Å². The molecule has 0 aromatic heterocycles. The summed E-state index contributed by atoms with van der Waals surface area (Å²) in [6.45, 7) is 4.26. The van der Waals surface area contributed by atoms with Gasteiger partial charge < -0.3 is 15.0 Å². The van der Waals surface area contributed by atoms with Gasteiger partial charge in [-0.1, -0.05) is 25.0 Å². The number of hydrogen-bond donors (Lipinski definition) is 1. The average molecular weight is 356 g/mol. The van der Waals surface area contributed by atoms with Gasteiger partial charge in [-0.15, -0.1) is 6.42 Å². The summed E-state index contributed by atoms with van der Waals surface area (Å²) in [5.41, 5.74) is 1.14. The second kappa shape index (κ2) is 10.5. The van der Waals surface area contributed by atoms with E-state index >= 15 is 0 Å². The first kappa shape index (κ1) is 19.8. The van der Waals surface area contributed by atoms with Gasteiger partial charge in [0.2, 0.25) is 11.8 Å². The highest BCUT2D eigenvalue weighted by Gasteiger charge is 2.26. The van der Waals surface area contributed by atoms with Gasteiger partial charge in [-0.05, 0) is 43.4 Å². The molecule has 0 unspecified atom stereocenters. The number of hydrogen-bond acceptors (Lipinski definition) is 3. The van der Waals surface area contributed by atoms with Crippen LogP contribution in [0.1, 0.15) is 38.2 Å². The minimum Gasteiger partial charge on any atom is -0.481 e. The summed E-state index contributed by atoms with van der Waals surface area (Å²) in [6.07, 6.45) is 8.91. The minimum absolute atomic E-state index is 0.0141. The molecule has 0 aliphatic carbocycles. The van der Waals surface area contributed by atoms with Crippen molar-refractivity contribution in [3.8, 4) is 18.1 Å². The number of piperidine rings is 1. The average Bonchev–Trinajstić information content (AvgIpc) is 2.67. The summed E-state index contributed by atoms with van der Waals surface area (Å²) in [5.74, 6) is 3.50. The molecule has 0 radical (unpaired) electrons. The van der Waals surface area contributed by atoms with E-state index in [0.29, 0.717) is 26.1 Å². The Balaban J connectivity index is 1.68. The molecule has 0 saturated carbocycles. The summed E-state index contributed by atoms with van der Waals surface area (Å²) in [5, 5.41) is 3.02. The Morgan fingerprint density at radius 2 is 1.96 bits per heavy atom. The summed E-state index contributed by atoms with van der Waals surface area (Å²) in [4.78, 5) is 26.1. The third kappa shape index (κ3) is 6.11. The number of amides is 2. The van der Waals surface area contributed by atoms with Crippen molar-refractivity contribution >= 4 is 11.8 Å². The molecule has 2 amide bonds. The molecule has 1 N–H and O–H groups in total. The molecule has 2 rings (SSSR count). The molecule has 1 aromatic rings. The highest BCUT2D eigenvalue weighted by Crippen LogP contribution is 2.18. The Morgan fingerprint density at radius 1 is 1.27 bits per heavy atom. The molecule has 1 heterocycles. The molecule has 5 nitrogen and oxygen atoms in total. The standard InChI is InChI=1S/C21H28N2O3/c1-3-5-20(24)23-14-11-18(12-15-23)21(25)22-13-10-17-6-8-19(9-7-17)26-16-4-2/h2,6-9,18H,3,5,10-16H2,1H3,(H,22,25). The number of rotatable bonds is 8. The van der Waals surface area contributed by atoms with E-state index in [-0.39, 0.29) is 24.3 Å². The summed E-state index contributed by atoms with van der Waals surface area (Å²) in [7, 11) is 0. The lowest BCUT2D eigenvalue weighted by Gasteiger charge is -2.31. The van der Waals surface area contributed by atoms with E-state index in [4.69, 9.17) is 11.2 Å². The van der Waals surface area contributed by atoms with Crippen LogP contribution in [0.2, 0.25) is 0 Å². The fourth-order valence-electron chi connectivity index (χ4n) is 3.11. The highest BCUT2D eigenvalue weighted by atomic mass is 16.5. The third-order valence-corrected chi connectivity index (χ3v) is 4.64. The lowest BCUT2D eigenvalue weighted by Crippen LogP contribution is -2.43. The number of nitrogens with one attached hydrogen (secondary N) is 1. The van der Waals surface area contributed by atoms with E-state index in [2.05, 4.69) is 11.2 Å². The number of nitrogens with zero attached hydrogens (tertiary/aromatic N) is 1. The Hall–Kier alpha value is -2.48. The molecule has 1 aliphatic rings. The van der Waals surface area contributed by atoms with Gasteiger partial charge in [0.25, 0.3) is 0 Å². The van der Waals surface area contributed by atoms with Gasteiger partial charge in [0.05, 0.1) is 0 Å². The largest absolute Gasteiger partial charge is 0.481 e. The lowest BCUT2D eigenvalue weighted by molar-refractivity contribution is -0.135. The third-order valence-electron chi connectivity index (χ3n) is 4.64. The van der Waals surface area contributed by atoms with Gasteiger partial charge in [0, 0.05) is 32.0 Å². The molecule has 5 heteroatoms. The van der Waals surface area contributed by atoms with Crippen molar-refractivity contribution in [1.82, 2.24) is 10.2 Å². The molecular weight excluding hydrogens is 328 g/mol. The van der Waals surface area contributed by atoms with E-state index in [0.717, 1.165) is 37.0 Å². The summed E-state index contributed by atoms with van der Waals surface area (Å²) < 4.78 is 5.34. The van der Waals surface area contributed by atoms with Crippen LogP contribution in [0.3, 0.4) is 0 Å². The summed E-state index contributed by atoms with van der Waals surface area (Å²) >= 11 is 0. The van der Waals surface area contributed by atoms with Crippen LogP contribution in [-0.2, 0) is 16.0 Å². The number of benzene rings is 1. The zero-order valence-corrected chi connectivity index (χ0v) is 15.5. The van der Waals surface area contributed by atoms with E-state index in [9.17, 15) is 9.59 Å². The topological polar surface area (TPSA) is 58.6 Å². The zero-order chi connectivity index (χ0) is 18.8. The van der Waals surface area contributed by atoms with Gasteiger partial charge in [-0.25, -0.2) is 0 Å². The Kier molecular flexibility index (Phi) is 8.01. The SMILES string of the molecule is C#CCOc1ccc(CCNC(=O)C2CCN(C(=O)CCC)CC2)cc1. The second-order valence-electron chi connectivity index (χ2n) is 6.58. The number of terminal acetylenes is 1. The van der Waals surface area contributed by atoms with Crippen molar-refractivity contribution in [3.05, 3.63) is 29.8 Å². The molecule has 26 heavy (non-hydrogen) atoms. The van der Waals surface area contributed by atoms with Crippen LogP contribution in [0.5, 0.6) is 5.75 Å². The maximum absolute atomic E-state index is 12.3. The fourth-order valence-corrected chi connectivity index (χ4v) is 3.11. The van der Waals surface area contributed by atoms with Crippen LogP contribution in [0.4, 0.5) is 0 Å². The first-order chi connectivity index (χ1) is 12.6. The van der Waals surface area contributed by atoms with Crippen LogP contribution in [0, 0.1) is 18.3 Å². The first-order valence-corrected chi connectivity index (χ1v) is 9.34. The molecule has 1 aromatic carbocycles.